The molecule has 0 saturated carbocycles. The molecule has 2 nitrogen and oxygen atoms in total. The summed E-state index contributed by atoms with van der Waals surface area (Å²) in [5.41, 5.74) is -0.0192. The summed E-state index contributed by atoms with van der Waals surface area (Å²) in [4.78, 5) is 0.964. The van der Waals surface area contributed by atoms with Crippen molar-refractivity contribution < 1.29 is 18.6 Å². The van der Waals surface area contributed by atoms with Crippen LogP contribution in [0.25, 0.3) is 0 Å². The van der Waals surface area contributed by atoms with Crippen molar-refractivity contribution in [2.75, 3.05) is 5.75 Å². The second kappa shape index (κ2) is 5.66. The lowest BCUT2D eigenvalue weighted by atomic mass is 10.0. The van der Waals surface area contributed by atoms with Crippen molar-refractivity contribution in [2.45, 2.75) is 24.0 Å². The van der Waals surface area contributed by atoms with Gasteiger partial charge >= 0.3 is 0 Å². The van der Waals surface area contributed by atoms with E-state index in [0.717, 1.165) is 4.90 Å². The number of fused-ring (bicyclic) bond motifs is 1. The van der Waals surface area contributed by atoms with Gasteiger partial charge in [-0.25, -0.2) is 8.78 Å². The number of aliphatic hydroxyl groups excluding tert-OH is 1. The maximum atomic E-state index is 14.1. The first-order valence-electron chi connectivity index (χ1n) is 6.59. The Balaban J connectivity index is 1.91. The normalized spacial score (nSPS) is 18.8. The lowest BCUT2D eigenvalue weighted by Gasteiger charge is -2.29. The van der Waals surface area contributed by atoms with Crippen LogP contribution in [0.4, 0.5) is 8.78 Å². The molecule has 0 aromatic heterocycles. The van der Waals surface area contributed by atoms with Gasteiger partial charge in [0.05, 0.1) is 5.56 Å². The smallest absolute Gasteiger partial charge is 0.138 e. The number of aliphatic hydroxyl groups is 1. The van der Waals surface area contributed by atoms with Crippen LogP contribution in [0.15, 0.2) is 41.3 Å². The highest BCUT2D eigenvalue weighted by atomic mass is 32.2. The Labute approximate surface area is 125 Å². The summed E-state index contributed by atoms with van der Waals surface area (Å²) in [5, 5.41) is 10.3. The fourth-order valence-electron chi connectivity index (χ4n) is 2.33. The molecule has 0 aliphatic carbocycles. The van der Waals surface area contributed by atoms with Crippen LogP contribution in [0.5, 0.6) is 5.75 Å². The SMILES string of the molecule is Cc1ccc(F)c(C(O)C2CSc3ccccc3O2)c1F. The molecule has 1 heterocycles. The average molecular weight is 308 g/mol. The molecule has 0 saturated heterocycles. The molecular weight excluding hydrogens is 294 g/mol. The van der Waals surface area contributed by atoms with Gasteiger partial charge in [-0.3, -0.25) is 0 Å². The summed E-state index contributed by atoms with van der Waals surface area (Å²) in [6.07, 6.45) is -2.03. The largest absolute Gasteiger partial charge is 0.485 e. The molecule has 1 aliphatic heterocycles. The van der Waals surface area contributed by atoms with Crippen LogP contribution in [0.3, 0.4) is 0 Å². The lowest BCUT2D eigenvalue weighted by Crippen LogP contribution is -2.31. The molecule has 1 aliphatic rings. The van der Waals surface area contributed by atoms with E-state index in [1.54, 1.807) is 6.07 Å². The highest BCUT2D eigenvalue weighted by Crippen LogP contribution is 2.39. The number of hydrogen-bond acceptors (Lipinski definition) is 3. The van der Waals surface area contributed by atoms with E-state index in [2.05, 4.69) is 0 Å². The molecule has 2 unspecified atom stereocenters. The van der Waals surface area contributed by atoms with Crippen LogP contribution in [0.2, 0.25) is 0 Å². The summed E-state index contributed by atoms with van der Waals surface area (Å²) in [5.74, 6) is -0.398. The summed E-state index contributed by atoms with van der Waals surface area (Å²) in [6.45, 7) is 1.54. The number of rotatable bonds is 2. The molecule has 110 valence electrons. The fourth-order valence-corrected chi connectivity index (χ4v) is 3.35. The van der Waals surface area contributed by atoms with E-state index in [1.165, 1.54) is 30.8 Å². The van der Waals surface area contributed by atoms with Crippen molar-refractivity contribution in [1.82, 2.24) is 0 Å². The molecule has 2 atom stereocenters. The molecule has 0 amide bonds. The van der Waals surface area contributed by atoms with Gasteiger partial charge in [0.2, 0.25) is 0 Å². The molecule has 3 rings (SSSR count). The monoisotopic (exact) mass is 308 g/mol. The van der Waals surface area contributed by atoms with E-state index in [1.807, 2.05) is 18.2 Å². The zero-order valence-corrected chi connectivity index (χ0v) is 12.2. The number of benzene rings is 2. The molecular formula is C16H14F2O2S. The highest BCUT2D eigenvalue weighted by molar-refractivity contribution is 7.99. The van der Waals surface area contributed by atoms with E-state index in [4.69, 9.17) is 4.74 Å². The standard InChI is InChI=1S/C16H14F2O2S/c1-9-6-7-10(17)14(15(9)18)16(19)12-8-21-13-5-3-2-4-11(13)20-12/h2-7,12,16,19H,8H2,1H3. The molecule has 1 N–H and O–H groups in total. The van der Waals surface area contributed by atoms with Gasteiger partial charge in [-0.2, -0.15) is 0 Å². The van der Waals surface area contributed by atoms with Gasteiger partial charge in [0.25, 0.3) is 0 Å². The fraction of sp³-hybridized carbons (Fsp3) is 0.250. The predicted octanol–water partition coefficient (Wildman–Crippen LogP) is 3.86. The Hall–Kier alpha value is -1.59. The molecule has 0 radical (unpaired) electrons. The maximum absolute atomic E-state index is 14.1. The second-order valence-corrected chi connectivity index (χ2v) is 6.01. The van der Waals surface area contributed by atoms with Gasteiger partial charge in [0.15, 0.2) is 0 Å². The van der Waals surface area contributed by atoms with Crippen LogP contribution in [-0.4, -0.2) is 17.0 Å². The third-order valence-electron chi connectivity index (χ3n) is 3.50. The van der Waals surface area contributed by atoms with E-state index in [0.29, 0.717) is 17.1 Å². The summed E-state index contributed by atoms with van der Waals surface area (Å²) in [6, 6.07) is 9.93. The maximum Gasteiger partial charge on any atom is 0.138 e. The van der Waals surface area contributed by atoms with Gasteiger partial charge in [-0.1, -0.05) is 18.2 Å². The van der Waals surface area contributed by atoms with Crippen molar-refractivity contribution in [3.05, 3.63) is 59.2 Å². The Morgan fingerprint density at radius 1 is 1.24 bits per heavy atom. The summed E-state index contributed by atoms with van der Waals surface area (Å²) < 4.78 is 33.7. The van der Waals surface area contributed by atoms with Crippen molar-refractivity contribution in [1.29, 1.82) is 0 Å². The zero-order valence-electron chi connectivity index (χ0n) is 11.3. The van der Waals surface area contributed by atoms with Crippen molar-refractivity contribution in [3.8, 4) is 5.75 Å². The van der Waals surface area contributed by atoms with Crippen molar-refractivity contribution in [3.63, 3.8) is 0 Å². The molecule has 2 aromatic rings. The molecule has 2 aromatic carbocycles. The molecule has 0 bridgehead atoms. The van der Waals surface area contributed by atoms with Crippen LogP contribution >= 0.6 is 11.8 Å². The van der Waals surface area contributed by atoms with Crippen LogP contribution in [0.1, 0.15) is 17.2 Å². The molecule has 0 spiro atoms. The van der Waals surface area contributed by atoms with Crippen molar-refractivity contribution >= 4 is 11.8 Å². The Morgan fingerprint density at radius 3 is 2.81 bits per heavy atom. The van der Waals surface area contributed by atoms with E-state index < -0.39 is 23.8 Å². The predicted molar refractivity (Wildman–Crippen MR) is 77.6 cm³/mol. The Kier molecular flexibility index (Phi) is 3.87. The van der Waals surface area contributed by atoms with Crippen LogP contribution < -0.4 is 4.74 Å². The van der Waals surface area contributed by atoms with Gasteiger partial charge in [0, 0.05) is 10.6 Å². The quantitative estimate of drug-likeness (QED) is 0.913. The van der Waals surface area contributed by atoms with Gasteiger partial charge in [-0.05, 0) is 30.7 Å². The first-order chi connectivity index (χ1) is 10.1. The van der Waals surface area contributed by atoms with Crippen LogP contribution in [-0.2, 0) is 0 Å². The Bertz CT molecular complexity index is 675. The number of para-hydroxylation sites is 1. The first-order valence-corrected chi connectivity index (χ1v) is 7.57. The Morgan fingerprint density at radius 2 is 2.00 bits per heavy atom. The molecule has 0 fully saturated rings. The minimum Gasteiger partial charge on any atom is -0.485 e. The second-order valence-electron chi connectivity index (χ2n) is 4.95. The average Bonchev–Trinajstić information content (AvgIpc) is 2.51. The third-order valence-corrected chi connectivity index (χ3v) is 4.64. The number of hydrogen-bond donors (Lipinski definition) is 1. The minimum absolute atomic E-state index is 0.300. The van der Waals surface area contributed by atoms with E-state index >= 15 is 0 Å². The summed E-state index contributed by atoms with van der Waals surface area (Å²) in [7, 11) is 0. The number of halogens is 2. The zero-order chi connectivity index (χ0) is 15.0. The number of aryl methyl sites for hydroxylation is 1. The van der Waals surface area contributed by atoms with Gasteiger partial charge in [-0.15, -0.1) is 11.8 Å². The topological polar surface area (TPSA) is 29.5 Å². The molecule has 5 heteroatoms. The van der Waals surface area contributed by atoms with Crippen LogP contribution in [0, 0.1) is 18.6 Å². The summed E-state index contributed by atoms with van der Waals surface area (Å²) >= 11 is 1.51. The van der Waals surface area contributed by atoms with E-state index in [9.17, 15) is 13.9 Å². The van der Waals surface area contributed by atoms with E-state index in [-0.39, 0.29) is 5.56 Å². The molecule has 21 heavy (non-hydrogen) atoms. The minimum atomic E-state index is -1.34. The highest BCUT2D eigenvalue weighted by Gasteiger charge is 2.32. The van der Waals surface area contributed by atoms with Gasteiger partial charge in [0.1, 0.15) is 29.6 Å². The van der Waals surface area contributed by atoms with Gasteiger partial charge < -0.3 is 9.84 Å². The number of thioether (sulfide) groups is 1. The lowest BCUT2D eigenvalue weighted by molar-refractivity contribution is 0.0407. The van der Waals surface area contributed by atoms with Crippen molar-refractivity contribution in [2.24, 2.45) is 0 Å². The first kappa shape index (κ1) is 14.4. The number of ether oxygens (including phenoxy) is 1. The third kappa shape index (κ3) is 2.63.